The molecule has 2 atom stereocenters. The predicted octanol–water partition coefficient (Wildman–Crippen LogP) is 0.269. The predicted molar refractivity (Wildman–Crippen MR) is 86.3 cm³/mol. The van der Waals surface area contributed by atoms with Crippen molar-refractivity contribution in [3.63, 3.8) is 0 Å². The Labute approximate surface area is 133 Å². The number of hydrogen-bond acceptors (Lipinski definition) is 4. The third-order valence-electron chi connectivity index (χ3n) is 4.80. The van der Waals surface area contributed by atoms with Gasteiger partial charge in [-0.2, -0.15) is 0 Å². The van der Waals surface area contributed by atoms with E-state index >= 15 is 0 Å². The van der Waals surface area contributed by atoms with Crippen LogP contribution in [-0.2, 0) is 9.59 Å². The van der Waals surface area contributed by atoms with E-state index in [-0.39, 0.29) is 23.9 Å². The van der Waals surface area contributed by atoms with E-state index in [0.717, 1.165) is 58.5 Å². The number of carbonyl (C=O) groups is 2. The number of nitrogens with two attached hydrogens (primary N) is 1. The minimum atomic E-state index is -0.0700. The number of piperazine rings is 1. The van der Waals surface area contributed by atoms with Crippen LogP contribution in [-0.4, -0.2) is 77.9 Å². The van der Waals surface area contributed by atoms with Gasteiger partial charge in [0.2, 0.25) is 11.8 Å². The smallest absolute Gasteiger partial charge is 0.239 e. The zero-order chi connectivity index (χ0) is 16.1. The van der Waals surface area contributed by atoms with Crippen molar-refractivity contribution in [2.75, 3.05) is 39.3 Å². The molecule has 0 saturated carbocycles. The van der Waals surface area contributed by atoms with E-state index in [1.54, 1.807) is 0 Å². The summed E-state index contributed by atoms with van der Waals surface area (Å²) in [5.74, 6) is 0.435. The highest BCUT2D eigenvalue weighted by molar-refractivity contribution is 5.81. The van der Waals surface area contributed by atoms with Crippen molar-refractivity contribution >= 4 is 11.8 Å². The highest BCUT2D eigenvalue weighted by Gasteiger charge is 2.30. The second-order valence-corrected chi connectivity index (χ2v) is 6.64. The summed E-state index contributed by atoms with van der Waals surface area (Å²) in [4.78, 5) is 30.6. The van der Waals surface area contributed by atoms with E-state index < -0.39 is 0 Å². The minimum absolute atomic E-state index is 0.0700. The summed E-state index contributed by atoms with van der Waals surface area (Å²) in [6.07, 6.45) is 3.52. The molecule has 2 heterocycles. The van der Waals surface area contributed by atoms with E-state index in [1.807, 2.05) is 23.6 Å². The van der Waals surface area contributed by atoms with Gasteiger partial charge in [-0.15, -0.1) is 0 Å². The highest BCUT2D eigenvalue weighted by atomic mass is 16.2. The first-order valence-electron chi connectivity index (χ1n) is 8.55. The van der Waals surface area contributed by atoms with Crippen LogP contribution in [0.3, 0.4) is 0 Å². The number of hydrogen-bond donors (Lipinski definition) is 1. The molecule has 2 N–H and O–H groups in total. The maximum absolute atomic E-state index is 12.4. The molecule has 0 aromatic carbocycles. The molecule has 0 radical (unpaired) electrons. The molecule has 2 unspecified atom stereocenters. The Kier molecular flexibility index (Phi) is 6.20. The Bertz CT molecular complexity index is 386. The lowest BCUT2D eigenvalue weighted by Crippen LogP contribution is -2.55. The van der Waals surface area contributed by atoms with E-state index in [2.05, 4.69) is 4.90 Å². The molecule has 22 heavy (non-hydrogen) atoms. The maximum atomic E-state index is 12.4. The molecule has 2 aliphatic rings. The van der Waals surface area contributed by atoms with E-state index in [0.29, 0.717) is 6.42 Å². The number of likely N-dealkylation sites (tertiary alicyclic amines) is 1. The second kappa shape index (κ2) is 7.92. The van der Waals surface area contributed by atoms with Crippen LogP contribution in [0.2, 0.25) is 0 Å². The standard InChI is InChI=1S/C16H30N4O2/c1-13(17)5-6-15(21)19-11-9-18(10-12-19)14(2)16(22)20-7-3-4-8-20/h13-14H,3-12,17H2,1-2H3. The van der Waals surface area contributed by atoms with Crippen molar-refractivity contribution in [1.82, 2.24) is 14.7 Å². The van der Waals surface area contributed by atoms with Crippen LogP contribution in [0.5, 0.6) is 0 Å². The van der Waals surface area contributed by atoms with Crippen LogP contribution < -0.4 is 5.73 Å². The molecule has 6 nitrogen and oxygen atoms in total. The Morgan fingerprint density at radius 1 is 0.955 bits per heavy atom. The van der Waals surface area contributed by atoms with Crippen LogP contribution in [0.15, 0.2) is 0 Å². The van der Waals surface area contributed by atoms with Gasteiger partial charge in [-0.25, -0.2) is 0 Å². The molecule has 2 fully saturated rings. The van der Waals surface area contributed by atoms with Crippen molar-refractivity contribution in [3.8, 4) is 0 Å². The van der Waals surface area contributed by atoms with Gasteiger partial charge in [-0.1, -0.05) is 0 Å². The fraction of sp³-hybridized carbons (Fsp3) is 0.875. The van der Waals surface area contributed by atoms with E-state index in [4.69, 9.17) is 5.73 Å². The highest BCUT2D eigenvalue weighted by Crippen LogP contribution is 2.14. The molecule has 6 heteroatoms. The quantitative estimate of drug-likeness (QED) is 0.791. The monoisotopic (exact) mass is 310 g/mol. The Hall–Kier alpha value is -1.14. The normalized spacial score (nSPS) is 22.7. The lowest BCUT2D eigenvalue weighted by Gasteiger charge is -2.38. The number of nitrogens with zero attached hydrogens (tertiary/aromatic N) is 3. The first-order valence-corrected chi connectivity index (χ1v) is 8.55. The molecule has 2 rings (SSSR count). The Morgan fingerprint density at radius 2 is 1.55 bits per heavy atom. The van der Waals surface area contributed by atoms with Crippen molar-refractivity contribution < 1.29 is 9.59 Å². The topological polar surface area (TPSA) is 69.9 Å². The maximum Gasteiger partial charge on any atom is 0.239 e. The van der Waals surface area contributed by atoms with E-state index in [1.165, 1.54) is 0 Å². The summed E-state index contributed by atoms with van der Waals surface area (Å²) < 4.78 is 0. The molecule has 2 aliphatic heterocycles. The zero-order valence-electron chi connectivity index (χ0n) is 14.0. The third-order valence-corrected chi connectivity index (χ3v) is 4.80. The van der Waals surface area contributed by atoms with Crippen LogP contribution in [0.1, 0.15) is 39.5 Å². The van der Waals surface area contributed by atoms with Gasteiger partial charge in [0.15, 0.2) is 0 Å². The second-order valence-electron chi connectivity index (χ2n) is 6.64. The fourth-order valence-electron chi connectivity index (χ4n) is 3.23. The van der Waals surface area contributed by atoms with Crippen molar-refractivity contribution in [1.29, 1.82) is 0 Å². The van der Waals surface area contributed by atoms with Gasteiger partial charge < -0.3 is 15.5 Å². The lowest BCUT2D eigenvalue weighted by atomic mass is 10.1. The summed E-state index contributed by atoms with van der Waals surface area (Å²) in [5, 5.41) is 0. The molecule has 0 aromatic heterocycles. The van der Waals surface area contributed by atoms with Gasteiger partial charge in [0.05, 0.1) is 6.04 Å². The molecule has 2 saturated heterocycles. The van der Waals surface area contributed by atoms with E-state index in [9.17, 15) is 9.59 Å². The van der Waals surface area contributed by atoms with Gasteiger partial charge in [0.25, 0.3) is 0 Å². The minimum Gasteiger partial charge on any atom is -0.341 e. The van der Waals surface area contributed by atoms with Crippen molar-refractivity contribution in [2.45, 2.75) is 51.6 Å². The van der Waals surface area contributed by atoms with Gasteiger partial charge in [-0.05, 0) is 33.1 Å². The molecule has 0 spiro atoms. The number of carbonyl (C=O) groups excluding carboxylic acids is 2. The van der Waals surface area contributed by atoms with Gasteiger partial charge in [0, 0.05) is 51.7 Å². The molecule has 0 aromatic rings. The third kappa shape index (κ3) is 4.43. The van der Waals surface area contributed by atoms with Gasteiger partial charge in [-0.3, -0.25) is 14.5 Å². The SMILES string of the molecule is CC(N)CCC(=O)N1CCN(C(C)C(=O)N2CCCC2)CC1. The summed E-state index contributed by atoms with van der Waals surface area (Å²) in [7, 11) is 0. The lowest BCUT2D eigenvalue weighted by molar-refractivity contribution is -0.138. The molecule has 0 aliphatic carbocycles. The molecule has 0 bridgehead atoms. The zero-order valence-corrected chi connectivity index (χ0v) is 14.0. The molecular weight excluding hydrogens is 280 g/mol. The Balaban J connectivity index is 1.76. The molecule has 126 valence electrons. The summed E-state index contributed by atoms with van der Waals surface area (Å²) in [6.45, 7) is 8.73. The van der Waals surface area contributed by atoms with Crippen molar-refractivity contribution in [3.05, 3.63) is 0 Å². The van der Waals surface area contributed by atoms with Crippen molar-refractivity contribution in [2.24, 2.45) is 5.73 Å². The first-order chi connectivity index (χ1) is 10.5. The average Bonchev–Trinajstić information content (AvgIpc) is 3.05. The summed E-state index contributed by atoms with van der Waals surface area (Å²) >= 11 is 0. The van der Waals surface area contributed by atoms with Crippen LogP contribution in [0, 0.1) is 0 Å². The van der Waals surface area contributed by atoms with Crippen LogP contribution in [0.25, 0.3) is 0 Å². The van der Waals surface area contributed by atoms with Gasteiger partial charge >= 0.3 is 0 Å². The summed E-state index contributed by atoms with van der Waals surface area (Å²) in [6, 6.07) is 0.00256. The Morgan fingerprint density at radius 3 is 2.09 bits per heavy atom. The number of amides is 2. The first kappa shape index (κ1) is 17.2. The number of rotatable bonds is 5. The van der Waals surface area contributed by atoms with Crippen LogP contribution in [0.4, 0.5) is 0 Å². The van der Waals surface area contributed by atoms with Gasteiger partial charge in [0.1, 0.15) is 0 Å². The average molecular weight is 310 g/mol. The molecular formula is C16H30N4O2. The van der Waals surface area contributed by atoms with Crippen LogP contribution >= 0.6 is 0 Å². The largest absolute Gasteiger partial charge is 0.341 e. The fourth-order valence-corrected chi connectivity index (χ4v) is 3.23. The molecule has 2 amide bonds. The summed E-state index contributed by atoms with van der Waals surface area (Å²) in [5.41, 5.74) is 5.70.